The SMILES string of the molecule is COc1cccc(-c2nnc(CS(=O)(=O)[C@@H](C)[C@H](OC)c3ncc(Cl)cn3)n2[C@@H]2CCC23CCC3)n1. The lowest BCUT2D eigenvalue weighted by Gasteiger charge is -2.56. The van der Waals surface area contributed by atoms with Crippen LogP contribution in [0.3, 0.4) is 0 Å². The van der Waals surface area contributed by atoms with E-state index in [2.05, 4.69) is 25.1 Å². The maximum atomic E-state index is 13.6. The number of halogens is 1. The summed E-state index contributed by atoms with van der Waals surface area (Å²) in [5.41, 5.74) is 0.788. The molecule has 0 aliphatic heterocycles. The molecule has 2 aliphatic rings. The molecule has 3 aromatic heterocycles. The quantitative estimate of drug-likeness (QED) is 0.402. The molecule has 3 aromatic rings. The number of methoxy groups -OCH3 is 2. The molecule has 0 radical (unpaired) electrons. The number of nitrogens with zero attached hydrogens (tertiary/aromatic N) is 6. The molecule has 2 aliphatic carbocycles. The fraction of sp³-hybridized carbons (Fsp3) is 0.542. The van der Waals surface area contributed by atoms with Crippen molar-refractivity contribution in [2.75, 3.05) is 14.2 Å². The van der Waals surface area contributed by atoms with Crippen LogP contribution >= 0.6 is 11.6 Å². The average Bonchev–Trinajstić information content (AvgIpc) is 3.21. The van der Waals surface area contributed by atoms with E-state index in [1.54, 1.807) is 20.1 Å². The molecule has 2 fully saturated rings. The van der Waals surface area contributed by atoms with E-state index in [0.29, 0.717) is 28.2 Å². The summed E-state index contributed by atoms with van der Waals surface area (Å²) < 4.78 is 40.1. The molecule has 1 spiro atoms. The van der Waals surface area contributed by atoms with Gasteiger partial charge in [0.05, 0.1) is 17.4 Å². The molecule has 0 saturated heterocycles. The molecular formula is C24H29ClN6O4S. The zero-order valence-electron chi connectivity index (χ0n) is 20.5. The van der Waals surface area contributed by atoms with E-state index >= 15 is 0 Å². The Morgan fingerprint density at radius 1 is 1.17 bits per heavy atom. The highest BCUT2D eigenvalue weighted by molar-refractivity contribution is 7.91. The van der Waals surface area contributed by atoms with Gasteiger partial charge in [0.2, 0.25) is 5.88 Å². The molecule has 0 bridgehead atoms. The van der Waals surface area contributed by atoms with Crippen LogP contribution in [0.4, 0.5) is 0 Å². The van der Waals surface area contributed by atoms with E-state index in [1.807, 2.05) is 16.7 Å². The lowest BCUT2D eigenvalue weighted by Crippen LogP contribution is -2.47. The van der Waals surface area contributed by atoms with Crippen molar-refractivity contribution in [3.63, 3.8) is 0 Å². The summed E-state index contributed by atoms with van der Waals surface area (Å²) in [6, 6.07) is 5.59. The standard InChI is InChI=1S/C24H29ClN6O4S/c1-15(21(35-3)22-26-12-16(25)13-27-22)36(32,33)14-19-29-30-23(17-6-4-7-20(28-17)34-2)31(19)18-8-11-24(18)9-5-10-24/h4,6-7,12-13,15,18,21H,5,8-11,14H2,1-3H3/t15-,18+,21-/m0/s1. The number of rotatable bonds is 9. The molecular weight excluding hydrogens is 504 g/mol. The van der Waals surface area contributed by atoms with Gasteiger partial charge in [-0.15, -0.1) is 10.2 Å². The van der Waals surface area contributed by atoms with Crippen molar-refractivity contribution < 1.29 is 17.9 Å². The van der Waals surface area contributed by atoms with Gasteiger partial charge in [-0.05, 0) is 44.1 Å². The number of hydrogen-bond donors (Lipinski definition) is 0. The highest BCUT2D eigenvalue weighted by atomic mass is 35.5. The number of ether oxygens (including phenoxy) is 2. The van der Waals surface area contributed by atoms with Gasteiger partial charge < -0.3 is 14.0 Å². The maximum Gasteiger partial charge on any atom is 0.213 e. The second-order valence-corrected chi connectivity index (χ2v) is 12.4. The molecule has 0 N–H and O–H groups in total. The zero-order chi connectivity index (χ0) is 25.5. The molecule has 10 nitrogen and oxygen atoms in total. The van der Waals surface area contributed by atoms with Crippen molar-refractivity contribution in [3.8, 4) is 17.4 Å². The Labute approximate surface area is 215 Å². The third kappa shape index (κ3) is 4.37. The Morgan fingerprint density at radius 2 is 1.92 bits per heavy atom. The van der Waals surface area contributed by atoms with Crippen LogP contribution in [-0.4, -0.2) is 57.6 Å². The molecule has 36 heavy (non-hydrogen) atoms. The zero-order valence-corrected chi connectivity index (χ0v) is 22.0. The van der Waals surface area contributed by atoms with Gasteiger partial charge in [0, 0.05) is 31.6 Å². The topological polar surface area (TPSA) is 122 Å². The van der Waals surface area contributed by atoms with Crippen molar-refractivity contribution in [1.29, 1.82) is 0 Å². The molecule has 12 heteroatoms. The number of aromatic nitrogens is 6. The van der Waals surface area contributed by atoms with Gasteiger partial charge in [-0.1, -0.05) is 24.1 Å². The Bertz CT molecular complexity index is 1340. The normalized spacial score (nSPS) is 20.4. The van der Waals surface area contributed by atoms with Gasteiger partial charge in [-0.25, -0.2) is 23.4 Å². The Kier molecular flexibility index (Phi) is 6.73. The highest BCUT2D eigenvalue weighted by Crippen LogP contribution is 2.62. The van der Waals surface area contributed by atoms with Crippen molar-refractivity contribution in [3.05, 3.63) is 47.3 Å². The fourth-order valence-electron chi connectivity index (χ4n) is 5.35. The lowest BCUT2D eigenvalue weighted by atomic mass is 9.53. The Morgan fingerprint density at radius 3 is 2.50 bits per heavy atom. The maximum absolute atomic E-state index is 13.6. The summed E-state index contributed by atoms with van der Waals surface area (Å²) >= 11 is 5.90. The monoisotopic (exact) mass is 532 g/mol. The molecule has 3 heterocycles. The van der Waals surface area contributed by atoms with E-state index in [0.717, 1.165) is 25.7 Å². The van der Waals surface area contributed by atoms with Gasteiger partial charge in [0.1, 0.15) is 23.4 Å². The first-order chi connectivity index (χ1) is 17.3. The van der Waals surface area contributed by atoms with Crippen molar-refractivity contribution >= 4 is 21.4 Å². The van der Waals surface area contributed by atoms with Gasteiger partial charge >= 0.3 is 0 Å². The summed E-state index contributed by atoms with van der Waals surface area (Å²) in [5, 5.41) is 8.24. The lowest BCUT2D eigenvalue weighted by molar-refractivity contribution is -0.0390. The first kappa shape index (κ1) is 25.0. The van der Waals surface area contributed by atoms with E-state index in [-0.39, 0.29) is 23.0 Å². The van der Waals surface area contributed by atoms with Crippen LogP contribution in [0.2, 0.25) is 5.02 Å². The van der Waals surface area contributed by atoms with E-state index in [9.17, 15) is 8.42 Å². The summed E-state index contributed by atoms with van der Waals surface area (Å²) in [4.78, 5) is 12.9. The summed E-state index contributed by atoms with van der Waals surface area (Å²) in [7, 11) is -0.737. The van der Waals surface area contributed by atoms with E-state index < -0.39 is 21.2 Å². The third-order valence-corrected chi connectivity index (χ3v) is 9.92. The van der Waals surface area contributed by atoms with Crippen molar-refractivity contribution in [2.45, 2.75) is 62.2 Å². The summed E-state index contributed by atoms with van der Waals surface area (Å²) in [5.74, 6) is 1.40. The molecule has 2 saturated carbocycles. The summed E-state index contributed by atoms with van der Waals surface area (Å²) in [6.07, 6.45) is 7.52. The molecule has 192 valence electrons. The fourth-order valence-corrected chi connectivity index (χ4v) is 6.88. The van der Waals surface area contributed by atoms with Gasteiger partial charge in [-0.2, -0.15) is 0 Å². The van der Waals surface area contributed by atoms with Crippen LogP contribution in [0.25, 0.3) is 11.5 Å². The smallest absolute Gasteiger partial charge is 0.213 e. The van der Waals surface area contributed by atoms with Crippen LogP contribution in [-0.2, 0) is 20.3 Å². The molecule has 5 rings (SSSR count). The van der Waals surface area contributed by atoms with Crippen LogP contribution in [0.1, 0.15) is 62.8 Å². The van der Waals surface area contributed by atoms with Gasteiger partial charge in [-0.3, -0.25) is 0 Å². The predicted octanol–water partition coefficient (Wildman–Crippen LogP) is 3.99. The minimum absolute atomic E-state index is 0.141. The third-order valence-electron chi connectivity index (χ3n) is 7.68. The molecule has 0 unspecified atom stereocenters. The molecule has 0 aromatic carbocycles. The van der Waals surface area contributed by atoms with Crippen LogP contribution in [0.5, 0.6) is 5.88 Å². The van der Waals surface area contributed by atoms with Gasteiger partial charge in [0.25, 0.3) is 0 Å². The first-order valence-corrected chi connectivity index (χ1v) is 14.0. The molecule has 0 amide bonds. The van der Waals surface area contributed by atoms with E-state index in [4.69, 9.17) is 21.1 Å². The van der Waals surface area contributed by atoms with Crippen LogP contribution in [0, 0.1) is 5.41 Å². The minimum Gasteiger partial charge on any atom is -0.481 e. The van der Waals surface area contributed by atoms with E-state index in [1.165, 1.54) is 25.9 Å². The second kappa shape index (κ2) is 9.68. The van der Waals surface area contributed by atoms with Crippen molar-refractivity contribution in [2.24, 2.45) is 5.41 Å². The summed E-state index contributed by atoms with van der Waals surface area (Å²) in [6.45, 7) is 1.60. The second-order valence-electron chi connectivity index (χ2n) is 9.57. The minimum atomic E-state index is -3.74. The highest BCUT2D eigenvalue weighted by Gasteiger charge is 2.53. The average molecular weight is 533 g/mol. The van der Waals surface area contributed by atoms with Crippen molar-refractivity contribution in [1.82, 2.24) is 29.7 Å². The molecule has 3 atom stereocenters. The number of hydrogen-bond acceptors (Lipinski definition) is 9. The Hall–Kier alpha value is -2.63. The van der Waals surface area contributed by atoms with Crippen LogP contribution in [0.15, 0.2) is 30.6 Å². The Balaban J connectivity index is 1.50. The first-order valence-electron chi connectivity index (χ1n) is 11.9. The largest absolute Gasteiger partial charge is 0.481 e. The number of sulfone groups is 1. The van der Waals surface area contributed by atoms with Crippen LogP contribution < -0.4 is 4.74 Å². The van der Waals surface area contributed by atoms with Gasteiger partial charge in [0.15, 0.2) is 21.5 Å². The predicted molar refractivity (Wildman–Crippen MR) is 133 cm³/mol. The number of pyridine rings is 1.